The van der Waals surface area contributed by atoms with E-state index in [2.05, 4.69) is 43.5 Å². The van der Waals surface area contributed by atoms with Gasteiger partial charge in [0.25, 0.3) is 0 Å². The fraction of sp³-hybridized carbons (Fsp3) is 0.208. The molecule has 3 aromatic carbocycles. The first-order valence-corrected chi connectivity index (χ1v) is 9.47. The molecule has 28 heavy (non-hydrogen) atoms. The third-order valence-electron chi connectivity index (χ3n) is 4.85. The van der Waals surface area contributed by atoms with E-state index >= 15 is 0 Å². The lowest BCUT2D eigenvalue weighted by Crippen LogP contribution is -2.10. The number of hydrogen-bond donors (Lipinski definition) is 1. The summed E-state index contributed by atoms with van der Waals surface area (Å²) in [6.07, 6.45) is 0. The second-order valence-electron chi connectivity index (χ2n) is 8.01. The molecule has 0 bridgehead atoms. The summed E-state index contributed by atoms with van der Waals surface area (Å²) in [6.45, 7) is 6.99. The molecule has 0 aliphatic heterocycles. The molecule has 4 nitrogen and oxygen atoms in total. The van der Waals surface area contributed by atoms with Crippen LogP contribution in [0.4, 0.5) is 5.69 Å². The van der Waals surface area contributed by atoms with Crippen molar-refractivity contribution in [3.63, 3.8) is 0 Å². The van der Waals surface area contributed by atoms with Crippen LogP contribution >= 0.6 is 0 Å². The first kappa shape index (κ1) is 18.1. The predicted molar refractivity (Wildman–Crippen MR) is 115 cm³/mol. The van der Waals surface area contributed by atoms with Gasteiger partial charge in [0.1, 0.15) is 12.4 Å². The standard InChI is InChI=1S/C24H25N3O/c1-24(2,3)17-11-13-20(14-12-17)28-16-23-26-21-9-4-5-10-22(21)27(23)19-8-6-7-18(25)15-19/h4-15H,16,25H2,1-3H3. The van der Waals surface area contributed by atoms with E-state index < -0.39 is 0 Å². The van der Waals surface area contributed by atoms with Crippen LogP contribution in [0.2, 0.25) is 0 Å². The first-order chi connectivity index (χ1) is 13.4. The predicted octanol–water partition coefficient (Wildman–Crippen LogP) is 5.48. The van der Waals surface area contributed by atoms with Gasteiger partial charge in [0.05, 0.1) is 11.0 Å². The summed E-state index contributed by atoms with van der Waals surface area (Å²) in [5.74, 6) is 1.67. The maximum Gasteiger partial charge on any atom is 0.152 e. The largest absolute Gasteiger partial charge is 0.486 e. The lowest BCUT2D eigenvalue weighted by Gasteiger charge is -2.19. The molecule has 1 aromatic heterocycles. The highest BCUT2D eigenvalue weighted by Crippen LogP contribution is 2.26. The number of nitrogen functional groups attached to an aromatic ring is 1. The Kier molecular flexibility index (Phi) is 4.55. The number of nitrogens with zero attached hydrogens (tertiary/aromatic N) is 2. The van der Waals surface area contributed by atoms with Gasteiger partial charge in [0.15, 0.2) is 5.82 Å². The zero-order valence-corrected chi connectivity index (χ0v) is 16.5. The summed E-state index contributed by atoms with van der Waals surface area (Å²) in [4.78, 5) is 4.79. The third-order valence-corrected chi connectivity index (χ3v) is 4.85. The molecule has 0 fully saturated rings. The Morgan fingerprint density at radius 3 is 2.39 bits per heavy atom. The van der Waals surface area contributed by atoms with Gasteiger partial charge in [-0.05, 0) is 53.4 Å². The molecule has 0 atom stereocenters. The minimum Gasteiger partial charge on any atom is -0.486 e. The summed E-state index contributed by atoms with van der Waals surface area (Å²) in [7, 11) is 0. The van der Waals surface area contributed by atoms with E-state index in [-0.39, 0.29) is 5.41 Å². The van der Waals surface area contributed by atoms with Crippen molar-refractivity contribution in [2.24, 2.45) is 0 Å². The van der Waals surface area contributed by atoms with E-state index in [0.717, 1.165) is 34.0 Å². The molecule has 142 valence electrons. The van der Waals surface area contributed by atoms with E-state index in [1.165, 1.54) is 5.56 Å². The number of benzene rings is 3. The Hall–Kier alpha value is -3.27. The van der Waals surface area contributed by atoms with Gasteiger partial charge in [-0.15, -0.1) is 0 Å². The third kappa shape index (κ3) is 3.58. The summed E-state index contributed by atoms with van der Waals surface area (Å²) < 4.78 is 8.17. The van der Waals surface area contributed by atoms with Crippen LogP contribution in [0.1, 0.15) is 32.2 Å². The average Bonchev–Trinajstić information content (AvgIpc) is 3.04. The van der Waals surface area contributed by atoms with Crippen molar-refractivity contribution in [2.75, 3.05) is 5.73 Å². The summed E-state index contributed by atoms with van der Waals surface area (Å²) in [6, 6.07) is 24.2. The van der Waals surface area contributed by atoms with Crippen molar-refractivity contribution in [2.45, 2.75) is 32.8 Å². The smallest absolute Gasteiger partial charge is 0.152 e. The van der Waals surface area contributed by atoms with Crippen molar-refractivity contribution in [3.8, 4) is 11.4 Å². The molecular formula is C24H25N3O. The summed E-state index contributed by atoms with van der Waals surface area (Å²) >= 11 is 0. The first-order valence-electron chi connectivity index (χ1n) is 9.47. The Morgan fingerprint density at radius 1 is 0.929 bits per heavy atom. The Bertz CT molecular complexity index is 1100. The molecular weight excluding hydrogens is 346 g/mol. The van der Waals surface area contributed by atoms with E-state index in [0.29, 0.717) is 6.61 Å². The van der Waals surface area contributed by atoms with Crippen molar-refractivity contribution in [3.05, 3.63) is 84.2 Å². The maximum absolute atomic E-state index is 6.07. The molecule has 0 aliphatic carbocycles. The molecule has 4 heteroatoms. The van der Waals surface area contributed by atoms with Gasteiger partial charge in [-0.25, -0.2) is 4.98 Å². The number of para-hydroxylation sites is 2. The molecule has 0 radical (unpaired) electrons. The second kappa shape index (κ2) is 7.04. The van der Waals surface area contributed by atoms with E-state index in [9.17, 15) is 0 Å². The Balaban J connectivity index is 1.66. The highest BCUT2D eigenvalue weighted by atomic mass is 16.5. The number of imidazole rings is 1. The van der Waals surface area contributed by atoms with E-state index in [1.54, 1.807) is 0 Å². The second-order valence-corrected chi connectivity index (χ2v) is 8.01. The number of hydrogen-bond acceptors (Lipinski definition) is 3. The van der Waals surface area contributed by atoms with Crippen LogP contribution in [0.5, 0.6) is 5.75 Å². The Labute approximate surface area is 165 Å². The molecule has 0 saturated heterocycles. The van der Waals surface area contributed by atoms with Crippen LogP contribution < -0.4 is 10.5 Å². The molecule has 2 N–H and O–H groups in total. The average molecular weight is 371 g/mol. The minimum atomic E-state index is 0.125. The molecule has 4 rings (SSSR count). The molecule has 0 spiro atoms. The SMILES string of the molecule is CC(C)(C)c1ccc(OCc2nc3ccccc3n2-c2cccc(N)c2)cc1. The van der Waals surface area contributed by atoms with Crippen molar-refractivity contribution >= 4 is 16.7 Å². The summed E-state index contributed by atoms with van der Waals surface area (Å²) in [5.41, 5.74) is 11.1. The molecule has 0 aliphatic rings. The topological polar surface area (TPSA) is 53.1 Å². The van der Waals surface area contributed by atoms with Crippen LogP contribution in [0.3, 0.4) is 0 Å². The van der Waals surface area contributed by atoms with Crippen molar-refractivity contribution < 1.29 is 4.74 Å². The van der Waals surface area contributed by atoms with Gasteiger partial charge >= 0.3 is 0 Å². The quantitative estimate of drug-likeness (QED) is 0.483. The highest BCUT2D eigenvalue weighted by Gasteiger charge is 2.15. The lowest BCUT2D eigenvalue weighted by atomic mass is 9.87. The zero-order chi connectivity index (χ0) is 19.7. The van der Waals surface area contributed by atoms with Gasteiger partial charge in [-0.3, -0.25) is 4.57 Å². The van der Waals surface area contributed by atoms with E-state index in [4.69, 9.17) is 15.5 Å². The van der Waals surface area contributed by atoms with Gasteiger partial charge in [-0.2, -0.15) is 0 Å². The van der Waals surface area contributed by atoms with Crippen LogP contribution in [-0.2, 0) is 12.0 Å². The summed E-state index contributed by atoms with van der Waals surface area (Å²) in [5, 5.41) is 0. The lowest BCUT2D eigenvalue weighted by molar-refractivity contribution is 0.294. The maximum atomic E-state index is 6.07. The zero-order valence-electron chi connectivity index (χ0n) is 16.5. The fourth-order valence-corrected chi connectivity index (χ4v) is 3.32. The highest BCUT2D eigenvalue weighted by molar-refractivity contribution is 5.78. The van der Waals surface area contributed by atoms with Crippen LogP contribution in [-0.4, -0.2) is 9.55 Å². The van der Waals surface area contributed by atoms with Crippen LogP contribution in [0, 0.1) is 0 Å². The van der Waals surface area contributed by atoms with Crippen LogP contribution in [0.15, 0.2) is 72.8 Å². The Morgan fingerprint density at radius 2 is 1.68 bits per heavy atom. The molecule has 0 saturated carbocycles. The number of nitrogens with two attached hydrogens (primary N) is 1. The molecule has 0 unspecified atom stereocenters. The number of aromatic nitrogens is 2. The number of ether oxygens (including phenoxy) is 1. The van der Waals surface area contributed by atoms with Gasteiger partial charge < -0.3 is 10.5 Å². The monoisotopic (exact) mass is 371 g/mol. The molecule has 1 heterocycles. The van der Waals surface area contributed by atoms with Crippen molar-refractivity contribution in [1.82, 2.24) is 9.55 Å². The minimum absolute atomic E-state index is 0.125. The van der Waals surface area contributed by atoms with Crippen LogP contribution in [0.25, 0.3) is 16.7 Å². The number of anilines is 1. The molecule has 4 aromatic rings. The molecule has 0 amide bonds. The van der Waals surface area contributed by atoms with Gasteiger partial charge in [0.2, 0.25) is 0 Å². The van der Waals surface area contributed by atoms with Gasteiger partial charge in [-0.1, -0.05) is 51.1 Å². The fourth-order valence-electron chi connectivity index (χ4n) is 3.32. The number of rotatable bonds is 4. The van der Waals surface area contributed by atoms with Crippen molar-refractivity contribution in [1.29, 1.82) is 0 Å². The normalized spacial score (nSPS) is 11.7. The number of fused-ring (bicyclic) bond motifs is 1. The van der Waals surface area contributed by atoms with Gasteiger partial charge in [0, 0.05) is 11.4 Å². The van der Waals surface area contributed by atoms with E-state index in [1.807, 2.05) is 54.6 Å².